The molecule has 94 valence electrons. The Hall–Kier alpha value is -1.80. The van der Waals surface area contributed by atoms with Gasteiger partial charge >= 0.3 is 0 Å². The van der Waals surface area contributed by atoms with E-state index in [4.69, 9.17) is 4.42 Å². The maximum absolute atomic E-state index is 5.47. The van der Waals surface area contributed by atoms with Crippen molar-refractivity contribution < 1.29 is 4.42 Å². The Morgan fingerprint density at radius 3 is 2.61 bits per heavy atom. The predicted molar refractivity (Wildman–Crippen MR) is 74.3 cm³/mol. The van der Waals surface area contributed by atoms with Gasteiger partial charge in [-0.1, -0.05) is 36.4 Å². The normalized spacial score (nSPS) is 14.1. The summed E-state index contributed by atoms with van der Waals surface area (Å²) in [6, 6.07) is 14.8. The van der Waals surface area contributed by atoms with E-state index in [0.717, 1.165) is 12.2 Å². The van der Waals surface area contributed by atoms with E-state index in [0.29, 0.717) is 0 Å². The van der Waals surface area contributed by atoms with Gasteiger partial charge in [0.15, 0.2) is 0 Å². The molecular weight excluding hydrogens is 222 g/mol. The molecule has 0 aliphatic rings. The second-order valence-electron chi connectivity index (χ2n) is 4.39. The van der Waals surface area contributed by atoms with Crippen molar-refractivity contribution in [3.63, 3.8) is 0 Å². The molecule has 1 aromatic heterocycles. The topological polar surface area (TPSA) is 25.2 Å². The van der Waals surface area contributed by atoms with Crippen molar-refractivity contribution in [2.45, 2.75) is 25.4 Å². The summed E-state index contributed by atoms with van der Waals surface area (Å²) >= 11 is 0. The Labute approximate surface area is 108 Å². The molecule has 2 aromatic rings. The lowest BCUT2D eigenvalue weighted by molar-refractivity contribution is 0.385. The first kappa shape index (κ1) is 12.7. The largest absolute Gasteiger partial charge is 0.468 e. The van der Waals surface area contributed by atoms with Gasteiger partial charge in [-0.3, -0.25) is 0 Å². The second-order valence-corrected chi connectivity index (χ2v) is 4.39. The van der Waals surface area contributed by atoms with Gasteiger partial charge in [0, 0.05) is 6.04 Å². The fourth-order valence-electron chi connectivity index (χ4n) is 2.06. The molecule has 0 bridgehead atoms. The standard InChI is InChI=1S/C16H19NO/c1-3-8-15(16-11-7-12-18-16)17-13(2)14-9-5-4-6-10-14/h3-7,9-13,15,17H,1,8H2,2H3/t13-,15+/m1/s1. The van der Waals surface area contributed by atoms with Gasteiger partial charge in [-0.2, -0.15) is 0 Å². The molecule has 0 aliphatic heterocycles. The zero-order valence-corrected chi connectivity index (χ0v) is 10.7. The van der Waals surface area contributed by atoms with Crippen LogP contribution in [-0.2, 0) is 0 Å². The maximum atomic E-state index is 5.47. The summed E-state index contributed by atoms with van der Waals surface area (Å²) in [5, 5.41) is 3.57. The molecule has 0 spiro atoms. The number of benzene rings is 1. The van der Waals surface area contributed by atoms with Crippen LogP contribution in [0.15, 0.2) is 65.8 Å². The van der Waals surface area contributed by atoms with E-state index in [1.807, 2.05) is 24.3 Å². The molecule has 0 aliphatic carbocycles. The summed E-state index contributed by atoms with van der Waals surface area (Å²) in [4.78, 5) is 0. The van der Waals surface area contributed by atoms with E-state index >= 15 is 0 Å². The minimum absolute atomic E-state index is 0.174. The molecule has 2 atom stereocenters. The zero-order chi connectivity index (χ0) is 12.8. The molecular formula is C16H19NO. The first-order valence-electron chi connectivity index (χ1n) is 6.26. The maximum Gasteiger partial charge on any atom is 0.121 e. The van der Waals surface area contributed by atoms with Crippen molar-refractivity contribution in [2.75, 3.05) is 0 Å². The smallest absolute Gasteiger partial charge is 0.121 e. The SMILES string of the molecule is C=CC[C@H](N[C@H](C)c1ccccc1)c1ccco1. The molecule has 0 radical (unpaired) electrons. The fraction of sp³-hybridized carbons (Fsp3) is 0.250. The molecule has 2 heteroatoms. The lowest BCUT2D eigenvalue weighted by Crippen LogP contribution is -2.24. The average molecular weight is 241 g/mol. The van der Waals surface area contributed by atoms with Crippen LogP contribution in [0.5, 0.6) is 0 Å². The van der Waals surface area contributed by atoms with Crippen LogP contribution in [0.3, 0.4) is 0 Å². The van der Waals surface area contributed by atoms with Gasteiger partial charge in [0.05, 0.1) is 12.3 Å². The van der Waals surface area contributed by atoms with Gasteiger partial charge in [-0.25, -0.2) is 0 Å². The van der Waals surface area contributed by atoms with Gasteiger partial charge in [0.2, 0.25) is 0 Å². The van der Waals surface area contributed by atoms with Crippen molar-refractivity contribution in [1.29, 1.82) is 0 Å². The Balaban J connectivity index is 2.07. The number of furan rings is 1. The van der Waals surface area contributed by atoms with E-state index in [9.17, 15) is 0 Å². The Morgan fingerprint density at radius 2 is 2.00 bits per heavy atom. The quantitative estimate of drug-likeness (QED) is 0.765. The second kappa shape index (κ2) is 6.22. The third kappa shape index (κ3) is 3.11. The number of hydrogen-bond donors (Lipinski definition) is 1. The highest BCUT2D eigenvalue weighted by molar-refractivity contribution is 5.19. The van der Waals surface area contributed by atoms with E-state index in [1.165, 1.54) is 5.56 Å². The highest BCUT2D eigenvalue weighted by atomic mass is 16.3. The first-order chi connectivity index (χ1) is 8.81. The molecule has 0 saturated carbocycles. The summed E-state index contributed by atoms with van der Waals surface area (Å²) in [5.74, 6) is 0.956. The first-order valence-corrected chi connectivity index (χ1v) is 6.26. The lowest BCUT2D eigenvalue weighted by Gasteiger charge is -2.21. The van der Waals surface area contributed by atoms with Crippen LogP contribution in [0.2, 0.25) is 0 Å². The summed E-state index contributed by atoms with van der Waals surface area (Å²) in [6.07, 6.45) is 4.48. The molecule has 2 nitrogen and oxygen atoms in total. The number of rotatable bonds is 6. The highest BCUT2D eigenvalue weighted by Gasteiger charge is 2.16. The van der Waals surface area contributed by atoms with E-state index in [-0.39, 0.29) is 12.1 Å². The van der Waals surface area contributed by atoms with Crippen LogP contribution in [0, 0.1) is 0 Å². The minimum atomic E-state index is 0.174. The van der Waals surface area contributed by atoms with E-state index < -0.39 is 0 Å². The molecule has 0 unspecified atom stereocenters. The average Bonchev–Trinajstić information content (AvgIpc) is 2.93. The van der Waals surface area contributed by atoms with Crippen molar-refractivity contribution >= 4 is 0 Å². The summed E-state index contributed by atoms with van der Waals surface area (Å²) in [7, 11) is 0. The van der Waals surface area contributed by atoms with Crippen molar-refractivity contribution in [1.82, 2.24) is 5.32 Å². The molecule has 0 amide bonds. The van der Waals surface area contributed by atoms with E-state index in [1.54, 1.807) is 6.26 Å². The predicted octanol–water partition coefficient (Wildman–Crippen LogP) is 4.25. The molecule has 2 rings (SSSR count). The summed E-state index contributed by atoms with van der Waals surface area (Å²) in [6.45, 7) is 5.97. The third-order valence-corrected chi connectivity index (χ3v) is 3.04. The Kier molecular flexibility index (Phi) is 4.37. The van der Waals surface area contributed by atoms with Gasteiger partial charge in [-0.15, -0.1) is 6.58 Å². The Bertz CT molecular complexity index is 461. The van der Waals surface area contributed by atoms with Crippen LogP contribution in [-0.4, -0.2) is 0 Å². The van der Waals surface area contributed by atoms with Crippen molar-refractivity contribution in [2.24, 2.45) is 0 Å². The minimum Gasteiger partial charge on any atom is -0.468 e. The fourth-order valence-corrected chi connectivity index (χ4v) is 2.06. The molecule has 18 heavy (non-hydrogen) atoms. The van der Waals surface area contributed by atoms with E-state index in [2.05, 4.69) is 43.1 Å². The Morgan fingerprint density at radius 1 is 1.22 bits per heavy atom. The molecule has 0 fully saturated rings. The summed E-state index contributed by atoms with van der Waals surface area (Å²) in [5.41, 5.74) is 1.28. The van der Waals surface area contributed by atoms with Crippen LogP contribution in [0.25, 0.3) is 0 Å². The van der Waals surface area contributed by atoms with Gasteiger partial charge in [0.25, 0.3) is 0 Å². The zero-order valence-electron chi connectivity index (χ0n) is 10.7. The van der Waals surface area contributed by atoms with Crippen LogP contribution < -0.4 is 5.32 Å². The molecule has 1 aromatic carbocycles. The van der Waals surface area contributed by atoms with Crippen LogP contribution in [0.4, 0.5) is 0 Å². The van der Waals surface area contributed by atoms with Gasteiger partial charge in [-0.05, 0) is 31.0 Å². The number of hydrogen-bond acceptors (Lipinski definition) is 2. The van der Waals surface area contributed by atoms with Gasteiger partial charge < -0.3 is 9.73 Å². The lowest BCUT2D eigenvalue weighted by atomic mass is 10.1. The van der Waals surface area contributed by atoms with Crippen LogP contribution in [0.1, 0.15) is 36.8 Å². The van der Waals surface area contributed by atoms with Crippen molar-refractivity contribution in [3.8, 4) is 0 Å². The van der Waals surface area contributed by atoms with Crippen LogP contribution >= 0.6 is 0 Å². The molecule has 1 heterocycles. The number of nitrogens with one attached hydrogen (secondary N) is 1. The van der Waals surface area contributed by atoms with Crippen molar-refractivity contribution in [3.05, 3.63) is 72.7 Å². The monoisotopic (exact) mass is 241 g/mol. The van der Waals surface area contributed by atoms with Gasteiger partial charge in [0.1, 0.15) is 5.76 Å². The molecule has 1 N–H and O–H groups in total. The molecule has 0 saturated heterocycles. The summed E-state index contributed by atoms with van der Waals surface area (Å²) < 4.78 is 5.47. The highest BCUT2D eigenvalue weighted by Crippen LogP contribution is 2.22. The third-order valence-electron chi connectivity index (χ3n) is 3.04.